The molecule has 0 heterocycles. The molecule has 1 aromatic carbocycles. The molecule has 13 heavy (non-hydrogen) atoms. The Hall–Kier alpha value is -0.890. The molecule has 0 radical (unpaired) electrons. The van der Waals surface area contributed by atoms with Crippen molar-refractivity contribution in [2.24, 2.45) is 5.73 Å². The van der Waals surface area contributed by atoms with Crippen LogP contribution in [0.15, 0.2) is 24.3 Å². The third-order valence-electron chi connectivity index (χ3n) is 2.79. The summed E-state index contributed by atoms with van der Waals surface area (Å²) in [4.78, 5) is 0. The van der Waals surface area contributed by atoms with Crippen molar-refractivity contribution in [2.45, 2.75) is 31.2 Å². The van der Waals surface area contributed by atoms with Crippen LogP contribution in [0.5, 0.6) is 0 Å². The van der Waals surface area contributed by atoms with Crippen molar-refractivity contribution in [3.63, 3.8) is 0 Å². The summed E-state index contributed by atoms with van der Waals surface area (Å²) >= 11 is 0. The van der Waals surface area contributed by atoms with Crippen LogP contribution in [0.4, 0.5) is 4.39 Å². The van der Waals surface area contributed by atoms with Gasteiger partial charge in [0.1, 0.15) is 5.82 Å². The second-order valence-electron chi connectivity index (χ2n) is 3.83. The van der Waals surface area contributed by atoms with Crippen LogP contribution in [0.25, 0.3) is 0 Å². The van der Waals surface area contributed by atoms with E-state index in [1.165, 1.54) is 6.07 Å². The summed E-state index contributed by atoms with van der Waals surface area (Å²) < 4.78 is 12.9. The van der Waals surface area contributed by atoms with Crippen LogP contribution in [0.2, 0.25) is 0 Å². The number of rotatable bonds is 1. The lowest BCUT2D eigenvalue weighted by molar-refractivity contribution is 0.616. The Morgan fingerprint density at radius 1 is 1.31 bits per heavy atom. The second-order valence-corrected chi connectivity index (χ2v) is 3.83. The molecule has 0 spiro atoms. The van der Waals surface area contributed by atoms with Gasteiger partial charge in [-0.2, -0.15) is 0 Å². The molecule has 2 atom stereocenters. The normalized spacial score (nSPS) is 27.8. The molecule has 0 aliphatic heterocycles. The van der Waals surface area contributed by atoms with E-state index in [1.807, 2.05) is 6.07 Å². The molecule has 0 bridgehead atoms. The molecule has 0 amide bonds. The zero-order valence-corrected chi connectivity index (χ0v) is 7.54. The fraction of sp³-hybridized carbons (Fsp3) is 0.455. The molecule has 1 nitrogen and oxygen atoms in total. The summed E-state index contributed by atoms with van der Waals surface area (Å²) in [6.45, 7) is 0. The van der Waals surface area contributed by atoms with Gasteiger partial charge in [-0.1, -0.05) is 12.1 Å². The molecule has 1 fully saturated rings. The molecule has 1 saturated carbocycles. The third-order valence-corrected chi connectivity index (χ3v) is 2.79. The van der Waals surface area contributed by atoms with Crippen LogP contribution in [0, 0.1) is 5.82 Å². The van der Waals surface area contributed by atoms with Crippen LogP contribution in [-0.4, -0.2) is 6.04 Å². The van der Waals surface area contributed by atoms with Gasteiger partial charge in [-0.15, -0.1) is 0 Å². The van der Waals surface area contributed by atoms with Gasteiger partial charge >= 0.3 is 0 Å². The number of halogens is 1. The molecule has 0 aromatic heterocycles. The van der Waals surface area contributed by atoms with E-state index in [0.717, 1.165) is 24.8 Å². The minimum absolute atomic E-state index is 0.141. The quantitative estimate of drug-likeness (QED) is 0.704. The first-order valence-corrected chi connectivity index (χ1v) is 4.77. The van der Waals surface area contributed by atoms with Crippen LogP contribution in [0.3, 0.4) is 0 Å². The number of benzene rings is 1. The molecular weight excluding hydrogens is 165 g/mol. The van der Waals surface area contributed by atoms with Gasteiger partial charge in [-0.25, -0.2) is 4.39 Å². The van der Waals surface area contributed by atoms with Crippen molar-refractivity contribution < 1.29 is 4.39 Å². The fourth-order valence-corrected chi connectivity index (χ4v) is 2.08. The van der Waals surface area contributed by atoms with Crippen molar-refractivity contribution in [2.75, 3.05) is 0 Å². The Labute approximate surface area is 77.8 Å². The van der Waals surface area contributed by atoms with E-state index in [0.29, 0.717) is 12.0 Å². The summed E-state index contributed by atoms with van der Waals surface area (Å²) in [5, 5.41) is 0. The smallest absolute Gasteiger partial charge is 0.123 e. The maximum absolute atomic E-state index is 12.9. The Morgan fingerprint density at radius 3 is 2.77 bits per heavy atom. The molecule has 2 heteroatoms. The summed E-state index contributed by atoms with van der Waals surface area (Å²) in [6, 6.07) is 7.19. The van der Waals surface area contributed by atoms with Gasteiger partial charge in [-0.3, -0.25) is 0 Å². The van der Waals surface area contributed by atoms with E-state index in [4.69, 9.17) is 5.73 Å². The highest BCUT2D eigenvalue weighted by molar-refractivity contribution is 5.22. The first-order valence-electron chi connectivity index (χ1n) is 4.77. The highest BCUT2D eigenvalue weighted by Crippen LogP contribution is 2.33. The maximum Gasteiger partial charge on any atom is 0.123 e. The molecule has 2 N–H and O–H groups in total. The zero-order valence-electron chi connectivity index (χ0n) is 7.54. The molecule has 70 valence electrons. The Balaban J connectivity index is 2.16. The average molecular weight is 179 g/mol. The fourth-order valence-electron chi connectivity index (χ4n) is 2.08. The van der Waals surface area contributed by atoms with Crippen molar-refractivity contribution in [3.8, 4) is 0 Å². The first-order chi connectivity index (χ1) is 6.25. The highest BCUT2D eigenvalue weighted by atomic mass is 19.1. The molecule has 0 saturated heterocycles. The summed E-state index contributed by atoms with van der Waals surface area (Å²) in [5.41, 5.74) is 6.91. The van der Waals surface area contributed by atoms with E-state index in [1.54, 1.807) is 12.1 Å². The standard InChI is InChI=1S/C11H14FN/c12-10-3-1-2-8(6-10)9-4-5-11(13)7-9/h1-3,6,9,11H,4-5,7,13H2/t9-,11-/m1/s1. The molecule has 1 aliphatic carbocycles. The van der Waals surface area contributed by atoms with Crippen molar-refractivity contribution in [3.05, 3.63) is 35.6 Å². The predicted molar refractivity (Wildman–Crippen MR) is 51.0 cm³/mol. The van der Waals surface area contributed by atoms with Gasteiger partial charge in [0.05, 0.1) is 0 Å². The number of hydrogen-bond donors (Lipinski definition) is 1. The van der Waals surface area contributed by atoms with Gasteiger partial charge in [0.2, 0.25) is 0 Å². The molecule has 1 aromatic rings. The van der Waals surface area contributed by atoms with Crippen molar-refractivity contribution >= 4 is 0 Å². The van der Waals surface area contributed by atoms with Gasteiger partial charge in [0, 0.05) is 6.04 Å². The van der Waals surface area contributed by atoms with Crippen LogP contribution >= 0.6 is 0 Å². The Morgan fingerprint density at radius 2 is 2.15 bits per heavy atom. The van der Waals surface area contributed by atoms with Crippen LogP contribution < -0.4 is 5.73 Å². The van der Waals surface area contributed by atoms with E-state index in [9.17, 15) is 4.39 Å². The lowest BCUT2D eigenvalue weighted by Gasteiger charge is -2.09. The summed E-state index contributed by atoms with van der Waals surface area (Å²) in [6.07, 6.45) is 3.18. The zero-order chi connectivity index (χ0) is 9.26. The SMILES string of the molecule is N[C@@H]1CC[C@@H](c2cccc(F)c2)C1. The molecular formula is C11H14FN. The van der Waals surface area contributed by atoms with E-state index in [-0.39, 0.29) is 5.82 Å². The predicted octanol–water partition coefficient (Wildman–Crippen LogP) is 2.42. The van der Waals surface area contributed by atoms with Crippen molar-refractivity contribution in [1.29, 1.82) is 0 Å². The molecule has 2 rings (SSSR count). The van der Waals surface area contributed by atoms with E-state index < -0.39 is 0 Å². The Bertz CT molecular complexity index is 298. The van der Waals surface area contributed by atoms with Crippen LogP contribution in [0.1, 0.15) is 30.7 Å². The van der Waals surface area contributed by atoms with Crippen LogP contribution in [-0.2, 0) is 0 Å². The first kappa shape index (κ1) is 8.70. The third kappa shape index (κ3) is 1.89. The van der Waals surface area contributed by atoms with E-state index in [2.05, 4.69) is 0 Å². The Kier molecular flexibility index (Phi) is 2.32. The average Bonchev–Trinajstić information content (AvgIpc) is 2.52. The number of nitrogens with two attached hydrogens (primary N) is 1. The van der Waals surface area contributed by atoms with Gasteiger partial charge in [-0.05, 0) is 42.9 Å². The lowest BCUT2D eigenvalue weighted by Crippen LogP contribution is -2.14. The van der Waals surface area contributed by atoms with Crippen molar-refractivity contribution in [1.82, 2.24) is 0 Å². The van der Waals surface area contributed by atoms with Gasteiger partial charge in [0.15, 0.2) is 0 Å². The highest BCUT2D eigenvalue weighted by Gasteiger charge is 2.22. The summed E-state index contributed by atoms with van der Waals surface area (Å²) in [7, 11) is 0. The second kappa shape index (κ2) is 3.46. The van der Waals surface area contributed by atoms with Gasteiger partial charge < -0.3 is 5.73 Å². The number of hydrogen-bond acceptors (Lipinski definition) is 1. The monoisotopic (exact) mass is 179 g/mol. The minimum Gasteiger partial charge on any atom is -0.328 e. The topological polar surface area (TPSA) is 26.0 Å². The molecule has 1 aliphatic rings. The minimum atomic E-state index is -0.141. The van der Waals surface area contributed by atoms with Gasteiger partial charge in [0.25, 0.3) is 0 Å². The largest absolute Gasteiger partial charge is 0.328 e. The van der Waals surface area contributed by atoms with E-state index >= 15 is 0 Å². The molecule has 0 unspecified atom stereocenters. The lowest BCUT2D eigenvalue weighted by atomic mass is 9.97. The maximum atomic E-state index is 12.9. The summed E-state index contributed by atoms with van der Waals surface area (Å²) in [5.74, 6) is 0.337.